The lowest BCUT2D eigenvalue weighted by Gasteiger charge is -2.39. The van der Waals surface area contributed by atoms with Gasteiger partial charge < -0.3 is 15.3 Å². The van der Waals surface area contributed by atoms with Crippen LogP contribution >= 0.6 is 0 Å². The van der Waals surface area contributed by atoms with Gasteiger partial charge in [0, 0.05) is 25.7 Å². The molecule has 2 amide bonds. The maximum atomic E-state index is 12.2. The number of aliphatic carboxylic acids is 1. The van der Waals surface area contributed by atoms with Gasteiger partial charge in [0.2, 0.25) is 0 Å². The van der Waals surface area contributed by atoms with Crippen LogP contribution in [-0.4, -0.2) is 65.7 Å². The van der Waals surface area contributed by atoms with Crippen molar-refractivity contribution in [3.8, 4) is 0 Å². The molecule has 0 aromatic heterocycles. The lowest BCUT2D eigenvalue weighted by molar-refractivity contribution is -0.139. The van der Waals surface area contributed by atoms with Crippen LogP contribution in [0.2, 0.25) is 0 Å². The van der Waals surface area contributed by atoms with Crippen molar-refractivity contribution in [3.63, 3.8) is 0 Å². The normalized spacial score (nSPS) is 21.6. The summed E-state index contributed by atoms with van der Waals surface area (Å²) >= 11 is 0. The number of unbranched alkanes of at least 4 members (excludes halogenated alkanes) is 1. The first-order chi connectivity index (χ1) is 9.49. The minimum atomic E-state index is -0.951. The first-order valence-corrected chi connectivity index (χ1v) is 7.48. The van der Waals surface area contributed by atoms with E-state index in [2.05, 4.69) is 24.2 Å². The Kier molecular flexibility index (Phi) is 6.78. The van der Waals surface area contributed by atoms with Gasteiger partial charge in [0.25, 0.3) is 0 Å². The molecule has 2 N–H and O–H groups in total. The van der Waals surface area contributed by atoms with Crippen molar-refractivity contribution in [1.29, 1.82) is 0 Å². The molecule has 1 aliphatic heterocycles. The van der Waals surface area contributed by atoms with Crippen LogP contribution in [0.4, 0.5) is 4.79 Å². The van der Waals surface area contributed by atoms with Crippen LogP contribution in [0.25, 0.3) is 0 Å². The van der Waals surface area contributed by atoms with Gasteiger partial charge in [0.05, 0.1) is 0 Å². The molecule has 1 heterocycles. The van der Waals surface area contributed by atoms with Gasteiger partial charge in [0.1, 0.15) is 6.04 Å². The number of urea groups is 1. The number of carbonyl (C=O) groups excluding carboxylic acids is 1. The topological polar surface area (TPSA) is 72.9 Å². The third-order valence-electron chi connectivity index (χ3n) is 3.98. The summed E-state index contributed by atoms with van der Waals surface area (Å²) in [5, 5.41) is 11.8. The summed E-state index contributed by atoms with van der Waals surface area (Å²) in [4.78, 5) is 27.3. The molecule has 0 bridgehead atoms. The van der Waals surface area contributed by atoms with Gasteiger partial charge in [0.15, 0.2) is 0 Å². The molecule has 0 radical (unpaired) electrons. The number of piperazine rings is 1. The average Bonchev–Trinajstić information content (AvgIpc) is 2.43. The van der Waals surface area contributed by atoms with E-state index < -0.39 is 12.0 Å². The van der Waals surface area contributed by atoms with Crippen molar-refractivity contribution in [2.24, 2.45) is 0 Å². The molecule has 20 heavy (non-hydrogen) atoms. The van der Waals surface area contributed by atoms with Crippen molar-refractivity contribution in [2.75, 3.05) is 26.7 Å². The van der Waals surface area contributed by atoms with E-state index in [1.807, 2.05) is 6.92 Å². The number of hydrogen-bond donors (Lipinski definition) is 2. The average molecular weight is 285 g/mol. The zero-order valence-corrected chi connectivity index (χ0v) is 12.8. The van der Waals surface area contributed by atoms with E-state index in [0.29, 0.717) is 25.6 Å². The highest BCUT2D eigenvalue weighted by Crippen LogP contribution is 2.11. The monoisotopic (exact) mass is 285 g/mol. The van der Waals surface area contributed by atoms with E-state index in [0.717, 1.165) is 25.8 Å². The second-order valence-electron chi connectivity index (χ2n) is 5.47. The highest BCUT2D eigenvalue weighted by atomic mass is 16.4. The predicted octanol–water partition coefficient (Wildman–Crippen LogP) is 1.37. The number of carboxylic acid groups (broad SMARTS) is 1. The SMILES string of the molecule is CCCCC(NC(=O)N1CCN(C)C(CC)C1)C(=O)O. The Labute approximate surface area is 121 Å². The smallest absolute Gasteiger partial charge is 0.326 e. The fourth-order valence-corrected chi connectivity index (χ4v) is 2.48. The molecule has 1 aliphatic rings. The fraction of sp³-hybridized carbons (Fsp3) is 0.857. The van der Waals surface area contributed by atoms with Crippen LogP contribution in [-0.2, 0) is 4.79 Å². The van der Waals surface area contributed by atoms with E-state index in [4.69, 9.17) is 5.11 Å². The summed E-state index contributed by atoms with van der Waals surface area (Å²) in [7, 11) is 2.06. The Morgan fingerprint density at radius 1 is 1.35 bits per heavy atom. The molecule has 2 unspecified atom stereocenters. The van der Waals surface area contributed by atoms with Crippen molar-refractivity contribution in [1.82, 2.24) is 15.1 Å². The molecule has 0 spiro atoms. The summed E-state index contributed by atoms with van der Waals surface area (Å²) < 4.78 is 0. The minimum absolute atomic E-state index is 0.250. The fourth-order valence-electron chi connectivity index (χ4n) is 2.48. The lowest BCUT2D eigenvalue weighted by Crippen LogP contribution is -2.57. The van der Waals surface area contributed by atoms with E-state index >= 15 is 0 Å². The molecule has 0 aliphatic carbocycles. The summed E-state index contributed by atoms with van der Waals surface area (Å²) in [6.07, 6.45) is 3.20. The highest BCUT2D eigenvalue weighted by molar-refractivity contribution is 5.82. The van der Waals surface area contributed by atoms with Crippen molar-refractivity contribution in [3.05, 3.63) is 0 Å². The maximum Gasteiger partial charge on any atom is 0.326 e. The summed E-state index contributed by atoms with van der Waals surface area (Å²) in [6.45, 7) is 6.26. The summed E-state index contributed by atoms with van der Waals surface area (Å²) in [6, 6.07) is -0.671. The number of nitrogens with one attached hydrogen (secondary N) is 1. The highest BCUT2D eigenvalue weighted by Gasteiger charge is 2.28. The number of carboxylic acids is 1. The van der Waals surface area contributed by atoms with Crippen LogP contribution in [0.5, 0.6) is 0 Å². The molecule has 6 heteroatoms. The van der Waals surface area contributed by atoms with Crippen LogP contribution in [0.15, 0.2) is 0 Å². The van der Waals surface area contributed by atoms with Crippen LogP contribution in [0.3, 0.4) is 0 Å². The first kappa shape index (κ1) is 16.8. The van der Waals surface area contributed by atoms with E-state index in [1.165, 1.54) is 0 Å². The third kappa shape index (κ3) is 4.67. The van der Waals surface area contributed by atoms with Crippen molar-refractivity contribution >= 4 is 12.0 Å². The molecule has 1 saturated heterocycles. The van der Waals surface area contributed by atoms with E-state index in [-0.39, 0.29) is 6.03 Å². The molecule has 1 fully saturated rings. The molecule has 116 valence electrons. The Hall–Kier alpha value is -1.30. The Morgan fingerprint density at radius 2 is 2.05 bits per heavy atom. The van der Waals surface area contributed by atoms with Gasteiger partial charge in [-0.15, -0.1) is 0 Å². The van der Waals surface area contributed by atoms with Gasteiger partial charge in [-0.1, -0.05) is 26.7 Å². The second kappa shape index (κ2) is 8.09. The summed E-state index contributed by atoms with van der Waals surface area (Å²) in [5.74, 6) is -0.951. The zero-order valence-electron chi connectivity index (χ0n) is 12.8. The molecule has 2 atom stereocenters. The van der Waals surface area contributed by atoms with E-state index in [9.17, 15) is 9.59 Å². The van der Waals surface area contributed by atoms with Gasteiger partial charge in [-0.2, -0.15) is 0 Å². The largest absolute Gasteiger partial charge is 0.480 e. The van der Waals surface area contributed by atoms with Gasteiger partial charge in [-0.25, -0.2) is 9.59 Å². The van der Waals surface area contributed by atoms with Gasteiger partial charge in [-0.05, 0) is 19.9 Å². The molecule has 6 nitrogen and oxygen atoms in total. The molecule has 1 rings (SSSR count). The van der Waals surface area contributed by atoms with Crippen molar-refractivity contribution in [2.45, 2.75) is 51.6 Å². The first-order valence-electron chi connectivity index (χ1n) is 7.48. The second-order valence-corrected chi connectivity index (χ2v) is 5.47. The Balaban J connectivity index is 2.53. The number of likely N-dealkylation sites (N-methyl/N-ethyl adjacent to an activating group) is 1. The summed E-state index contributed by atoms with van der Waals surface area (Å²) in [5.41, 5.74) is 0. The molecule has 0 aromatic carbocycles. The van der Waals surface area contributed by atoms with E-state index in [1.54, 1.807) is 4.90 Å². The maximum absolute atomic E-state index is 12.2. The standard InChI is InChI=1S/C14H27N3O3/c1-4-6-7-12(13(18)19)15-14(20)17-9-8-16(3)11(5-2)10-17/h11-12H,4-10H2,1-3H3,(H,15,20)(H,18,19). The van der Waals surface area contributed by atoms with Crippen molar-refractivity contribution < 1.29 is 14.7 Å². The number of hydrogen-bond acceptors (Lipinski definition) is 3. The Bertz CT molecular complexity index is 336. The van der Waals surface area contributed by atoms with Crippen LogP contribution in [0.1, 0.15) is 39.5 Å². The molecular weight excluding hydrogens is 258 g/mol. The molecule has 0 saturated carbocycles. The quantitative estimate of drug-likeness (QED) is 0.773. The molecule has 0 aromatic rings. The predicted molar refractivity (Wildman–Crippen MR) is 77.8 cm³/mol. The molecular formula is C14H27N3O3. The lowest BCUT2D eigenvalue weighted by atomic mass is 10.1. The Morgan fingerprint density at radius 3 is 2.60 bits per heavy atom. The zero-order chi connectivity index (χ0) is 15.1. The number of carbonyl (C=O) groups is 2. The van der Waals surface area contributed by atoms with Gasteiger partial charge >= 0.3 is 12.0 Å². The number of amides is 2. The number of nitrogens with zero attached hydrogens (tertiary/aromatic N) is 2. The third-order valence-corrected chi connectivity index (χ3v) is 3.98. The minimum Gasteiger partial charge on any atom is -0.480 e. The van der Waals surface area contributed by atoms with Gasteiger partial charge in [-0.3, -0.25) is 4.90 Å². The van der Waals surface area contributed by atoms with Crippen LogP contribution < -0.4 is 5.32 Å². The number of rotatable bonds is 6. The van der Waals surface area contributed by atoms with Crippen LogP contribution in [0, 0.1) is 0 Å².